The van der Waals surface area contributed by atoms with Gasteiger partial charge in [0.25, 0.3) is 0 Å². The molecule has 0 N–H and O–H groups in total. The molecular formula is C21H19O2PS. The molecule has 3 rings (SSSR count). The number of hydrogen-bond donors (Lipinski definition) is 0. The maximum absolute atomic E-state index is 12.8. The maximum Gasteiger partial charge on any atom is 0.318 e. The van der Waals surface area contributed by atoms with Gasteiger partial charge in [-0.15, -0.1) is 0 Å². The van der Waals surface area contributed by atoms with Gasteiger partial charge >= 0.3 is 5.97 Å². The van der Waals surface area contributed by atoms with E-state index in [0.717, 1.165) is 16.2 Å². The lowest BCUT2D eigenvalue weighted by molar-refractivity contribution is -0.140. The molecule has 0 spiro atoms. The van der Waals surface area contributed by atoms with Crippen molar-refractivity contribution in [1.29, 1.82) is 0 Å². The quantitative estimate of drug-likeness (QED) is 0.504. The lowest BCUT2D eigenvalue weighted by Crippen LogP contribution is -2.26. The molecule has 2 nitrogen and oxygen atoms in total. The fourth-order valence-corrected chi connectivity index (χ4v) is 7.46. The second-order valence-corrected chi connectivity index (χ2v) is 10.3. The highest BCUT2D eigenvalue weighted by Gasteiger charge is 2.39. The number of esters is 1. The SMILES string of the molecule is COC(=O)C(c1ccccc1)P(=S)(c1ccccc1)c1ccccc1. The summed E-state index contributed by atoms with van der Waals surface area (Å²) < 4.78 is 5.18. The summed E-state index contributed by atoms with van der Waals surface area (Å²) in [5.41, 5.74) is 0.379. The number of hydrogen-bond acceptors (Lipinski definition) is 3. The van der Waals surface area contributed by atoms with E-state index in [2.05, 4.69) is 0 Å². The lowest BCUT2D eigenvalue weighted by atomic mass is 10.1. The van der Waals surface area contributed by atoms with E-state index in [-0.39, 0.29) is 5.97 Å². The Bertz CT molecular complexity index is 836. The first-order valence-electron chi connectivity index (χ1n) is 8.01. The minimum absolute atomic E-state index is 0.290. The van der Waals surface area contributed by atoms with Crippen molar-refractivity contribution in [1.82, 2.24) is 0 Å². The molecule has 0 amide bonds. The van der Waals surface area contributed by atoms with Crippen molar-refractivity contribution in [3.05, 3.63) is 96.6 Å². The zero-order chi connectivity index (χ0) is 17.7. The van der Waals surface area contributed by atoms with Gasteiger partial charge in [-0.1, -0.05) is 103 Å². The number of ether oxygens (including phenoxy) is 1. The summed E-state index contributed by atoms with van der Waals surface area (Å²) in [5, 5.41) is 2.02. The number of carbonyl (C=O) groups excluding carboxylic acids is 1. The highest BCUT2D eigenvalue weighted by molar-refractivity contribution is 8.22. The summed E-state index contributed by atoms with van der Waals surface area (Å²) in [5.74, 6) is -0.290. The molecule has 3 aromatic carbocycles. The molecule has 0 aliphatic rings. The number of benzene rings is 3. The second-order valence-electron chi connectivity index (χ2n) is 5.67. The molecule has 0 saturated carbocycles. The minimum atomic E-state index is -2.47. The fourth-order valence-electron chi connectivity index (χ4n) is 2.99. The third kappa shape index (κ3) is 3.44. The van der Waals surface area contributed by atoms with E-state index in [1.807, 2.05) is 91.0 Å². The zero-order valence-corrected chi connectivity index (χ0v) is 15.6. The smallest absolute Gasteiger partial charge is 0.318 e. The molecular weight excluding hydrogens is 347 g/mol. The summed E-state index contributed by atoms with van der Waals surface area (Å²) in [4.78, 5) is 12.8. The summed E-state index contributed by atoms with van der Waals surface area (Å²) in [6.45, 7) is 0. The van der Waals surface area contributed by atoms with Crippen molar-refractivity contribution in [2.45, 2.75) is 5.66 Å². The van der Waals surface area contributed by atoms with Crippen molar-refractivity contribution < 1.29 is 9.53 Å². The first-order chi connectivity index (χ1) is 12.2. The van der Waals surface area contributed by atoms with E-state index in [1.165, 1.54) is 7.11 Å². The van der Waals surface area contributed by atoms with Gasteiger partial charge in [-0.25, -0.2) is 0 Å². The van der Waals surface area contributed by atoms with Gasteiger partial charge in [0.05, 0.1) is 7.11 Å². The standard InChI is InChI=1S/C21H19O2PS/c1-23-21(22)20(17-11-5-2-6-12-17)24(25,18-13-7-3-8-14-18)19-15-9-4-10-16-19/h2-16,20H,1H3. The maximum atomic E-state index is 12.8. The molecule has 126 valence electrons. The third-order valence-electron chi connectivity index (χ3n) is 4.18. The van der Waals surface area contributed by atoms with Crippen molar-refractivity contribution in [2.24, 2.45) is 0 Å². The van der Waals surface area contributed by atoms with E-state index >= 15 is 0 Å². The number of methoxy groups -OCH3 is 1. The molecule has 25 heavy (non-hydrogen) atoms. The molecule has 0 saturated heterocycles. The van der Waals surface area contributed by atoms with Crippen LogP contribution in [0.4, 0.5) is 0 Å². The Morgan fingerprint density at radius 1 is 0.800 bits per heavy atom. The molecule has 0 aliphatic heterocycles. The van der Waals surface area contributed by atoms with Crippen LogP contribution in [0.5, 0.6) is 0 Å². The zero-order valence-electron chi connectivity index (χ0n) is 13.9. The predicted octanol–water partition coefficient (Wildman–Crippen LogP) is 4.03. The summed E-state index contributed by atoms with van der Waals surface area (Å²) in [6.07, 6.45) is 0. The Morgan fingerprint density at radius 2 is 1.20 bits per heavy atom. The lowest BCUT2D eigenvalue weighted by Gasteiger charge is -2.31. The normalized spacial score (nSPS) is 12.4. The first kappa shape index (κ1) is 17.6. The fraction of sp³-hybridized carbons (Fsp3) is 0.0952. The van der Waals surface area contributed by atoms with Gasteiger partial charge in [-0.2, -0.15) is 0 Å². The molecule has 4 heteroatoms. The van der Waals surface area contributed by atoms with Gasteiger partial charge in [0.1, 0.15) is 5.66 Å². The molecule has 1 unspecified atom stereocenters. The van der Waals surface area contributed by atoms with Crippen molar-refractivity contribution >= 4 is 34.4 Å². The Morgan fingerprint density at radius 3 is 1.60 bits per heavy atom. The van der Waals surface area contributed by atoms with Gasteiger partial charge in [-0.3, -0.25) is 4.79 Å². The molecule has 0 heterocycles. The summed E-state index contributed by atoms with van der Waals surface area (Å²) >= 11 is 6.29. The number of carbonyl (C=O) groups is 1. The van der Waals surface area contributed by atoms with E-state index in [4.69, 9.17) is 16.5 Å². The third-order valence-corrected chi connectivity index (χ3v) is 9.45. The molecule has 0 aliphatic carbocycles. The van der Waals surface area contributed by atoms with Crippen molar-refractivity contribution in [2.75, 3.05) is 7.11 Å². The Kier molecular flexibility index (Phi) is 5.47. The summed E-state index contributed by atoms with van der Waals surface area (Å²) in [6, 6.07) is 27.1. The molecule has 0 fully saturated rings. The van der Waals surface area contributed by atoms with Crippen LogP contribution in [0, 0.1) is 0 Å². The van der Waals surface area contributed by atoms with Crippen LogP contribution in [-0.2, 0) is 21.3 Å². The van der Waals surface area contributed by atoms with Gasteiger partial charge in [0.15, 0.2) is 0 Å². The van der Waals surface area contributed by atoms with E-state index in [0.29, 0.717) is 0 Å². The van der Waals surface area contributed by atoms with Crippen molar-refractivity contribution in [3.63, 3.8) is 0 Å². The van der Waals surface area contributed by atoms with Crippen LogP contribution in [0.3, 0.4) is 0 Å². The topological polar surface area (TPSA) is 26.3 Å². The predicted molar refractivity (Wildman–Crippen MR) is 108 cm³/mol. The monoisotopic (exact) mass is 366 g/mol. The second kappa shape index (κ2) is 7.77. The Hall–Kier alpha value is -2.22. The molecule has 1 atom stereocenters. The van der Waals surface area contributed by atoms with E-state index in [1.54, 1.807) is 0 Å². The van der Waals surface area contributed by atoms with E-state index < -0.39 is 11.7 Å². The van der Waals surface area contributed by atoms with Gasteiger partial charge < -0.3 is 4.74 Å². The average Bonchev–Trinajstić information content (AvgIpc) is 2.70. The van der Waals surface area contributed by atoms with Crippen LogP contribution < -0.4 is 10.6 Å². The first-order valence-corrected chi connectivity index (χ1v) is 10.9. The van der Waals surface area contributed by atoms with Crippen LogP contribution in [0.1, 0.15) is 11.2 Å². The van der Waals surface area contributed by atoms with Crippen LogP contribution in [0.15, 0.2) is 91.0 Å². The summed E-state index contributed by atoms with van der Waals surface area (Å²) in [7, 11) is 1.42. The van der Waals surface area contributed by atoms with E-state index in [9.17, 15) is 4.79 Å². The van der Waals surface area contributed by atoms with Crippen LogP contribution >= 0.6 is 6.04 Å². The molecule has 0 radical (unpaired) electrons. The molecule has 0 aromatic heterocycles. The Labute approximate surface area is 153 Å². The molecule has 0 bridgehead atoms. The van der Waals surface area contributed by atoms with Crippen molar-refractivity contribution in [3.8, 4) is 0 Å². The van der Waals surface area contributed by atoms with Gasteiger partial charge in [0.2, 0.25) is 0 Å². The average molecular weight is 366 g/mol. The van der Waals surface area contributed by atoms with Crippen LogP contribution in [0.2, 0.25) is 0 Å². The minimum Gasteiger partial charge on any atom is -0.468 e. The number of rotatable bonds is 5. The van der Waals surface area contributed by atoms with Gasteiger partial charge in [-0.05, 0) is 16.2 Å². The highest BCUT2D eigenvalue weighted by atomic mass is 32.4. The highest BCUT2D eigenvalue weighted by Crippen LogP contribution is 2.57. The molecule has 3 aromatic rings. The largest absolute Gasteiger partial charge is 0.468 e. The van der Waals surface area contributed by atoms with Crippen LogP contribution in [-0.4, -0.2) is 13.1 Å². The van der Waals surface area contributed by atoms with Crippen LogP contribution in [0.25, 0.3) is 0 Å². The Balaban J connectivity index is 2.29. The van der Waals surface area contributed by atoms with Gasteiger partial charge in [0, 0.05) is 6.04 Å².